The molecule has 0 aliphatic carbocycles. The van der Waals surface area contributed by atoms with Crippen LogP contribution in [-0.4, -0.2) is 48.2 Å². The topological polar surface area (TPSA) is 63.2 Å². The lowest BCUT2D eigenvalue weighted by molar-refractivity contribution is -0.249. The third kappa shape index (κ3) is 8.41. The standard InChI is InChI=1S/C31H36O6S/c1-3-38-31-30(36-23(2)32)29(35-21-26-17-11-6-12-18-26)28(34-20-25-15-9-5-10-16-25)27(37-31)22-33-19-24-13-7-4-8-14-24/h4-18,27-31H,3,19-22H2,1-2H3/t27-,28+,29+,30-,31+/m0/s1. The summed E-state index contributed by atoms with van der Waals surface area (Å²) in [6.45, 7) is 4.96. The SMILES string of the molecule is CCS[C@H]1O[C@@H](COCc2ccccc2)[C@@H](OCc2ccccc2)[C@@H](OCc2ccccc2)[C@@H]1OC(C)=O. The molecule has 4 rings (SSSR count). The molecule has 1 aliphatic rings. The maximum atomic E-state index is 12.2. The van der Waals surface area contributed by atoms with Gasteiger partial charge in [0.05, 0.1) is 26.4 Å². The predicted octanol–water partition coefficient (Wildman–Crippen LogP) is 5.78. The molecule has 3 aromatic rings. The Labute approximate surface area is 229 Å². The fourth-order valence-corrected chi connectivity index (χ4v) is 5.37. The number of hydrogen-bond acceptors (Lipinski definition) is 7. The van der Waals surface area contributed by atoms with Gasteiger partial charge in [-0.25, -0.2) is 0 Å². The molecule has 5 atom stereocenters. The number of esters is 1. The van der Waals surface area contributed by atoms with Gasteiger partial charge in [-0.05, 0) is 22.4 Å². The third-order valence-corrected chi connectivity index (χ3v) is 7.23. The molecule has 0 spiro atoms. The highest BCUT2D eigenvalue weighted by Crippen LogP contribution is 2.35. The first-order chi connectivity index (χ1) is 18.6. The molecular formula is C31H36O6S. The molecule has 0 radical (unpaired) electrons. The quantitative estimate of drug-likeness (QED) is 0.257. The van der Waals surface area contributed by atoms with Gasteiger partial charge < -0.3 is 23.7 Å². The largest absolute Gasteiger partial charge is 0.456 e. The van der Waals surface area contributed by atoms with Crippen molar-refractivity contribution in [1.82, 2.24) is 0 Å². The Bertz CT molecular complexity index is 1080. The van der Waals surface area contributed by atoms with E-state index in [9.17, 15) is 4.79 Å². The molecule has 1 aliphatic heterocycles. The van der Waals surface area contributed by atoms with Crippen LogP contribution in [0.25, 0.3) is 0 Å². The van der Waals surface area contributed by atoms with E-state index in [0.29, 0.717) is 26.4 Å². The molecule has 1 saturated heterocycles. The van der Waals surface area contributed by atoms with Gasteiger partial charge in [0.15, 0.2) is 6.10 Å². The maximum Gasteiger partial charge on any atom is 0.303 e. The summed E-state index contributed by atoms with van der Waals surface area (Å²) in [4.78, 5) is 12.2. The van der Waals surface area contributed by atoms with Crippen molar-refractivity contribution >= 4 is 17.7 Å². The normalized spacial score (nSPS) is 23.2. The number of ether oxygens (including phenoxy) is 5. The zero-order valence-corrected chi connectivity index (χ0v) is 22.8. The van der Waals surface area contributed by atoms with Gasteiger partial charge in [0.25, 0.3) is 0 Å². The summed E-state index contributed by atoms with van der Waals surface area (Å²) < 4.78 is 31.5. The van der Waals surface area contributed by atoms with Crippen molar-refractivity contribution in [2.24, 2.45) is 0 Å². The van der Waals surface area contributed by atoms with Crippen molar-refractivity contribution in [3.63, 3.8) is 0 Å². The molecule has 38 heavy (non-hydrogen) atoms. The molecule has 7 heteroatoms. The number of benzene rings is 3. The van der Waals surface area contributed by atoms with E-state index in [0.717, 1.165) is 22.4 Å². The highest BCUT2D eigenvalue weighted by Gasteiger charge is 2.49. The summed E-state index contributed by atoms with van der Waals surface area (Å²) in [5.41, 5.74) is 2.73. The van der Waals surface area contributed by atoms with Gasteiger partial charge in [-0.1, -0.05) is 97.9 Å². The minimum atomic E-state index is -0.632. The smallest absolute Gasteiger partial charge is 0.303 e. The summed E-state index contributed by atoms with van der Waals surface area (Å²) >= 11 is 1.59. The molecule has 0 amide bonds. The van der Waals surface area contributed by atoms with Crippen LogP contribution in [0, 0.1) is 0 Å². The Hall–Kier alpha value is -2.68. The van der Waals surface area contributed by atoms with Crippen LogP contribution in [0.3, 0.4) is 0 Å². The fourth-order valence-electron chi connectivity index (χ4n) is 4.42. The van der Waals surface area contributed by atoms with Gasteiger partial charge >= 0.3 is 5.97 Å². The zero-order valence-electron chi connectivity index (χ0n) is 21.9. The van der Waals surface area contributed by atoms with Crippen LogP contribution in [0.4, 0.5) is 0 Å². The first kappa shape index (κ1) is 28.3. The summed E-state index contributed by atoms with van der Waals surface area (Å²) in [5.74, 6) is 0.412. The molecule has 6 nitrogen and oxygen atoms in total. The Morgan fingerprint density at radius 1 is 0.737 bits per heavy atom. The minimum absolute atomic E-state index is 0.313. The predicted molar refractivity (Wildman–Crippen MR) is 148 cm³/mol. The summed E-state index contributed by atoms with van der Waals surface area (Å²) in [7, 11) is 0. The van der Waals surface area contributed by atoms with Crippen LogP contribution in [0.2, 0.25) is 0 Å². The molecule has 0 unspecified atom stereocenters. The highest BCUT2D eigenvalue weighted by molar-refractivity contribution is 7.99. The molecular weight excluding hydrogens is 500 g/mol. The van der Waals surface area contributed by atoms with Crippen molar-refractivity contribution in [3.8, 4) is 0 Å². The van der Waals surface area contributed by atoms with Crippen LogP contribution in [0.1, 0.15) is 30.5 Å². The van der Waals surface area contributed by atoms with Gasteiger partial charge in [0.2, 0.25) is 0 Å². The van der Waals surface area contributed by atoms with Gasteiger partial charge in [-0.15, -0.1) is 11.8 Å². The first-order valence-electron chi connectivity index (χ1n) is 13.0. The average Bonchev–Trinajstić information content (AvgIpc) is 2.94. The molecule has 1 fully saturated rings. The second-order valence-electron chi connectivity index (χ2n) is 9.10. The van der Waals surface area contributed by atoms with Gasteiger partial charge in [0.1, 0.15) is 23.7 Å². The summed E-state index contributed by atoms with van der Waals surface area (Å²) in [6.07, 6.45) is -2.12. The fraction of sp³-hybridized carbons (Fsp3) is 0.387. The van der Waals surface area contributed by atoms with Crippen LogP contribution < -0.4 is 0 Å². The number of thioether (sulfide) groups is 1. The zero-order chi connectivity index (χ0) is 26.6. The van der Waals surface area contributed by atoms with E-state index < -0.39 is 29.9 Å². The van der Waals surface area contributed by atoms with E-state index in [1.807, 2.05) is 91.0 Å². The average molecular weight is 537 g/mol. The Balaban J connectivity index is 1.58. The Kier molecular flexibility index (Phi) is 11.2. The number of rotatable bonds is 13. The van der Waals surface area contributed by atoms with Crippen molar-refractivity contribution in [1.29, 1.82) is 0 Å². The molecule has 202 valence electrons. The third-order valence-electron chi connectivity index (χ3n) is 6.19. The molecule has 3 aromatic carbocycles. The lowest BCUT2D eigenvalue weighted by Crippen LogP contribution is -2.60. The van der Waals surface area contributed by atoms with Gasteiger partial charge in [0, 0.05) is 6.92 Å². The lowest BCUT2D eigenvalue weighted by Gasteiger charge is -2.45. The van der Waals surface area contributed by atoms with Crippen molar-refractivity contribution in [2.75, 3.05) is 12.4 Å². The molecule has 0 N–H and O–H groups in total. The van der Waals surface area contributed by atoms with Crippen LogP contribution >= 0.6 is 11.8 Å². The molecule has 1 heterocycles. The van der Waals surface area contributed by atoms with E-state index in [-0.39, 0.29) is 5.97 Å². The second kappa shape index (κ2) is 15.0. The van der Waals surface area contributed by atoms with Gasteiger partial charge in [-0.2, -0.15) is 0 Å². The van der Waals surface area contributed by atoms with E-state index in [4.69, 9.17) is 23.7 Å². The Morgan fingerprint density at radius 3 is 1.74 bits per heavy atom. The minimum Gasteiger partial charge on any atom is -0.456 e. The van der Waals surface area contributed by atoms with E-state index >= 15 is 0 Å². The first-order valence-corrected chi connectivity index (χ1v) is 14.1. The van der Waals surface area contributed by atoms with E-state index in [1.54, 1.807) is 11.8 Å². The van der Waals surface area contributed by atoms with Crippen molar-refractivity contribution in [2.45, 2.75) is 63.5 Å². The number of hydrogen-bond donors (Lipinski definition) is 0. The Morgan fingerprint density at radius 2 is 1.24 bits per heavy atom. The van der Waals surface area contributed by atoms with Crippen LogP contribution in [-0.2, 0) is 48.3 Å². The summed E-state index contributed by atoms with van der Waals surface area (Å²) in [6, 6.07) is 30.0. The highest BCUT2D eigenvalue weighted by atomic mass is 32.2. The molecule has 0 saturated carbocycles. The maximum absolute atomic E-state index is 12.2. The monoisotopic (exact) mass is 536 g/mol. The summed E-state index contributed by atoms with van der Waals surface area (Å²) in [5, 5.41) is 0. The molecule has 0 bridgehead atoms. The van der Waals surface area contributed by atoms with Gasteiger partial charge in [-0.3, -0.25) is 4.79 Å². The van der Waals surface area contributed by atoms with Crippen LogP contribution in [0.15, 0.2) is 91.0 Å². The van der Waals surface area contributed by atoms with Crippen LogP contribution in [0.5, 0.6) is 0 Å². The van der Waals surface area contributed by atoms with Crippen molar-refractivity contribution < 1.29 is 28.5 Å². The van der Waals surface area contributed by atoms with E-state index in [1.165, 1.54) is 6.92 Å². The van der Waals surface area contributed by atoms with E-state index in [2.05, 4.69) is 6.92 Å². The number of carbonyl (C=O) groups excluding carboxylic acids is 1. The molecule has 0 aromatic heterocycles. The van der Waals surface area contributed by atoms with Crippen molar-refractivity contribution in [3.05, 3.63) is 108 Å². The lowest BCUT2D eigenvalue weighted by atomic mass is 9.99. The second-order valence-corrected chi connectivity index (χ2v) is 10.5. The number of carbonyl (C=O) groups is 1.